The van der Waals surface area contributed by atoms with Crippen molar-refractivity contribution in [3.8, 4) is 5.88 Å². The molecule has 2 aromatic rings. The molecule has 0 amide bonds. The lowest BCUT2D eigenvalue weighted by molar-refractivity contribution is 0.0850. The summed E-state index contributed by atoms with van der Waals surface area (Å²) < 4.78 is 21.4. The van der Waals surface area contributed by atoms with Crippen molar-refractivity contribution in [3.05, 3.63) is 36.3 Å². The molecule has 0 aliphatic carbocycles. The zero-order chi connectivity index (χ0) is 15.6. The highest BCUT2D eigenvalue weighted by atomic mass is 19.1. The number of hydrogen-bond donors (Lipinski definition) is 0. The van der Waals surface area contributed by atoms with Gasteiger partial charge in [-0.2, -0.15) is 5.10 Å². The number of piperidine rings is 1. The monoisotopic (exact) mass is 317 g/mol. The van der Waals surface area contributed by atoms with Gasteiger partial charge in [0.25, 0.3) is 5.88 Å². The Morgan fingerprint density at radius 3 is 2.91 bits per heavy atom. The zero-order valence-electron chi connectivity index (χ0n) is 12.9. The molecule has 4 rings (SSSR count). The number of halogens is 1. The number of likely N-dealkylation sites (tertiary alicyclic amines) is 1. The first-order valence-corrected chi connectivity index (χ1v) is 8.17. The van der Waals surface area contributed by atoms with Gasteiger partial charge >= 0.3 is 0 Å². The van der Waals surface area contributed by atoms with Crippen LogP contribution in [0.2, 0.25) is 0 Å². The Hall–Kier alpha value is -2.02. The largest absolute Gasteiger partial charge is 0.472 e. The Balaban J connectivity index is 1.29. The van der Waals surface area contributed by atoms with Gasteiger partial charge in [-0.3, -0.25) is 0 Å². The highest BCUT2D eigenvalue weighted by Crippen LogP contribution is 2.26. The topological polar surface area (TPSA) is 56.1 Å². The van der Waals surface area contributed by atoms with Gasteiger partial charge in [0.2, 0.25) is 0 Å². The number of nitrogens with zero attached hydrogens (tertiary/aromatic N) is 5. The minimum absolute atomic E-state index is 0.0427. The summed E-state index contributed by atoms with van der Waals surface area (Å²) in [5, 5.41) is 4.33. The zero-order valence-corrected chi connectivity index (χ0v) is 12.9. The second-order valence-electron chi connectivity index (χ2n) is 6.22. The van der Waals surface area contributed by atoms with Gasteiger partial charge in [-0.1, -0.05) is 0 Å². The van der Waals surface area contributed by atoms with Gasteiger partial charge in [-0.05, 0) is 31.4 Å². The average Bonchev–Trinajstić information content (AvgIpc) is 3.17. The molecule has 1 unspecified atom stereocenters. The van der Waals surface area contributed by atoms with E-state index in [0.717, 1.165) is 51.1 Å². The Labute approximate surface area is 134 Å². The van der Waals surface area contributed by atoms with E-state index >= 15 is 0 Å². The van der Waals surface area contributed by atoms with Crippen LogP contribution in [0.5, 0.6) is 5.88 Å². The number of aryl methyl sites for hydroxylation is 1. The first-order valence-electron chi connectivity index (χ1n) is 8.17. The van der Waals surface area contributed by atoms with Crippen LogP contribution in [0.4, 0.5) is 4.39 Å². The fourth-order valence-electron chi connectivity index (χ4n) is 3.47. The standard InChI is InChI=1S/C16H20FN5O/c17-14-2-1-7-18-16(14)23-13-5-8-21(9-6-13)10-12-3-4-15-19-11-20-22(12)15/h1-2,7,11-13H,3-6,8-10H2. The van der Waals surface area contributed by atoms with Crippen molar-refractivity contribution in [1.29, 1.82) is 0 Å². The highest BCUT2D eigenvalue weighted by Gasteiger charge is 2.28. The molecule has 1 atom stereocenters. The first-order chi connectivity index (χ1) is 11.3. The van der Waals surface area contributed by atoms with E-state index in [0.29, 0.717) is 6.04 Å². The SMILES string of the molecule is Fc1cccnc1OC1CCN(CC2CCc3ncnn32)CC1. The highest BCUT2D eigenvalue weighted by molar-refractivity contribution is 5.13. The van der Waals surface area contributed by atoms with Crippen molar-refractivity contribution < 1.29 is 9.13 Å². The van der Waals surface area contributed by atoms with E-state index in [2.05, 4.69) is 24.6 Å². The van der Waals surface area contributed by atoms with E-state index in [1.165, 1.54) is 6.07 Å². The second kappa shape index (κ2) is 6.23. The summed E-state index contributed by atoms with van der Waals surface area (Å²) in [6.07, 6.45) is 7.17. The van der Waals surface area contributed by atoms with E-state index in [9.17, 15) is 4.39 Å². The Bertz CT molecular complexity index is 668. The lowest BCUT2D eigenvalue weighted by Crippen LogP contribution is -2.40. The van der Waals surface area contributed by atoms with Crippen LogP contribution in [0.3, 0.4) is 0 Å². The summed E-state index contributed by atoms with van der Waals surface area (Å²) in [6, 6.07) is 3.39. The van der Waals surface area contributed by atoms with Crippen LogP contribution in [0.1, 0.15) is 31.1 Å². The van der Waals surface area contributed by atoms with Crippen LogP contribution in [0.15, 0.2) is 24.7 Å². The van der Waals surface area contributed by atoms with Crippen LogP contribution < -0.4 is 4.74 Å². The van der Waals surface area contributed by atoms with E-state index in [-0.39, 0.29) is 17.8 Å². The van der Waals surface area contributed by atoms with Gasteiger partial charge in [-0.25, -0.2) is 19.0 Å². The first kappa shape index (κ1) is 14.6. The summed E-state index contributed by atoms with van der Waals surface area (Å²) >= 11 is 0. The molecule has 2 aliphatic rings. The predicted molar refractivity (Wildman–Crippen MR) is 81.7 cm³/mol. The lowest BCUT2D eigenvalue weighted by atomic mass is 10.1. The van der Waals surface area contributed by atoms with E-state index in [4.69, 9.17) is 4.74 Å². The van der Waals surface area contributed by atoms with Crippen LogP contribution >= 0.6 is 0 Å². The maximum absolute atomic E-state index is 13.6. The van der Waals surface area contributed by atoms with Crippen LogP contribution in [0.25, 0.3) is 0 Å². The second-order valence-corrected chi connectivity index (χ2v) is 6.22. The van der Waals surface area contributed by atoms with Crippen molar-refractivity contribution >= 4 is 0 Å². The van der Waals surface area contributed by atoms with Crippen molar-refractivity contribution in [2.24, 2.45) is 0 Å². The maximum atomic E-state index is 13.6. The molecule has 1 saturated heterocycles. The summed E-state index contributed by atoms with van der Waals surface area (Å²) in [5.74, 6) is 0.826. The third-order valence-electron chi connectivity index (χ3n) is 4.70. The van der Waals surface area contributed by atoms with Gasteiger partial charge in [0.1, 0.15) is 18.3 Å². The number of aromatic nitrogens is 4. The normalized spacial score (nSPS) is 22.2. The summed E-state index contributed by atoms with van der Waals surface area (Å²) in [5.41, 5.74) is 0. The number of fused-ring (bicyclic) bond motifs is 1. The van der Waals surface area contributed by atoms with Crippen molar-refractivity contribution in [3.63, 3.8) is 0 Å². The number of hydrogen-bond acceptors (Lipinski definition) is 5. The smallest absolute Gasteiger partial charge is 0.250 e. The predicted octanol–water partition coefficient (Wildman–Crippen LogP) is 1.84. The minimum Gasteiger partial charge on any atom is -0.472 e. The molecule has 4 heterocycles. The Morgan fingerprint density at radius 1 is 1.22 bits per heavy atom. The molecule has 0 spiro atoms. The van der Waals surface area contributed by atoms with Gasteiger partial charge in [-0.15, -0.1) is 0 Å². The number of pyridine rings is 1. The molecule has 0 bridgehead atoms. The van der Waals surface area contributed by atoms with E-state index < -0.39 is 0 Å². The Kier molecular flexibility index (Phi) is 3.95. The molecule has 6 nitrogen and oxygen atoms in total. The molecule has 0 radical (unpaired) electrons. The summed E-state index contributed by atoms with van der Waals surface area (Å²) in [6.45, 7) is 2.92. The van der Waals surface area contributed by atoms with Crippen LogP contribution in [-0.4, -0.2) is 50.4 Å². The van der Waals surface area contributed by atoms with E-state index in [1.54, 1.807) is 18.6 Å². The molecule has 2 aliphatic heterocycles. The van der Waals surface area contributed by atoms with Gasteiger partial charge in [0, 0.05) is 32.3 Å². The molecule has 0 N–H and O–H groups in total. The van der Waals surface area contributed by atoms with E-state index in [1.807, 2.05) is 0 Å². The van der Waals surface area contributed by atoms with Gasteiger partial charge in [0.05, 0.1) is 6.04 Å². The molecular formula is C16H20FN5O. The molecule has 122 valence electrons. The molecule has 1 fully saturated rings. The quantitative estimate of drug-likeness (QED) is 0.861. The fraction of sp³-hybridized carbons (Fsp3) is 0.562. The Morgan fingerprint density at radius 2 is 2.09 bits per heavy atom. The lowest BCUT2D eigenvalue weighted by Gasteiger charge is -2.33. The molecule has 0 saturated carbocycles. The molecule has 7 heteroatoms. The minimum atomic E-state index is -0.389. The number of rotatable bonds is 4. The molecular weight excluding hydrogens is 297 g/mol. The van der Waals surface area contributed by atoms with Crippen LogP contribution in [0, 0.1) is 5.82 Å². The third-order valence-corrected chi connectivity index (χ3v) is 4.70. The molecule has 23 heavy (non-hydrogen) atoms. The van der Waals surface area contributed by atoms with Gasteiger partial charge < -0.3 is 9.64 Å². The summed E-state index contributed by atoms with van der Waals surface area (Å²) in [7, 11) is 0. The van der Waals surface area contributed by atoms with Crippen molar-refractivity contribution in [2.75, 3.05) is 19.6 Å². The molecule has 0 aromatic carbocycles. The fourth-order valence-corrected chi connectivity index (χ4v) is 3.47. The van der Waals surface area contributed by atoms with Crippen molar-refractivity contribution in [1.82, 2.24) is 24.6 Å². The number of ether oxygens (including phenoxy) is 1. The maximum Gasteiger partial charge on any atom is 0.250 e. The van der Waals surface area contributed by atoms with Gasteiger partial charge in [0.15, 0.2) is 5.82 Å². The van der Waals surface area contributed by atoms with Crippen LogP contribution in [-0.2, 0) is 6.42 Å². The summed E-state index contributed by atoms with van der Waals surface area (Å²) in [4.78, 5) is 10.7. The average molecular weight is 317 g/mol. The molecule has 2 aromatic heterocycles. The third kappa shape index (κ3) is 3.06. The van der Waals surface area contributed by atoms with Crippen molar-refractivity contribution in [2.45, 2.75) is 37.8 Å².